The van der Waals surface area contributed by atoms with Crippen LogP contribution in [-0.2, 0) is 0 Å². The Labute approximate surface area is 94.5 Å². The lowest BCUT2D eigenvalue weighted by Crippen LogP contribution is -2.31. The molecule has 0 saturated heterocycles. The Morgan fingerprint density at radius 3 is 2.69 bits per heavy atom. The molecular formula is C12H15FN2O. The van der Waals surface area contributed by atoms with Crippen molar-refractivity contribution in [2.24, 2.45) is 0 Å². The number of nitrogens with one attached hydrogen (secondary N) is 1. The summed E-state index contributed by atoms with van der Waals surface area (Å²) in [6, 6.07) is 6.15. The van der Waals surface area contributed by atoms with E-state index in [4.69, 9.17) is 10.4 Å². The largest absolute Gasteiger partial charge is 0.396 e. The molecule has 1 aromatic rings. The summed E-state index contributed by atoms with van der Waals surface area (Å²) in [6.45, 7) is 3.90. The Bertz CT molecular complexity index is 410. The predicted molar refractivity (Wildman–Crippen MR) is 60.5 cm³/mol. The van der Waals surface area contributed by atoms with E-state index in [2.05, 4.69) is 5.32 Å². The SMILES string of the molecule is CC(C)(CCO)Nc1ccc(C#N)c(F)c1. The summed E-state index contributed by atoms with van der Waals surface area (Å²) in [5.74, 6) is -0.535. The Morgan fingerprint density at radius 2 is 2.19 bits per heavy atom. The number of nitriles is 1. The summed E-state index contributed by atoms with van der Waals surface area (Å²) < 4.78 is 13.3. The first kappa shape index (κ1) is 12.5. The Balaban J connectivity index is 2.84. The molecule has 0 saturated carbocycles. The summed E-state index contributed by atoms with van der Waals surface area (Å²) in [6.07, 6.45) is 0.564. The van der Waals surface area contributed by atoms with Crippen LogP contribution >= 0.6 is 0 Å². The highest BCUT2D eigenvalue weighted by Crippen LogP contribution is 2.20. The van der Waals surface area contributed by atoms with E-state index in [1.54, 1.807) is 12.1 Å². The highest BCUT2D eigenvalue weighted by atomic mass is 19.1. The molecular weight excluding hydrogens is 207 g/mol. The van der Waals surface area contributed by atoms with Crippen LogP contribution in [0.3, 0.4) is 0 Å². The minimum Gasteiger partial charge on any atom is -0.396 e. The summed E-state index contributed by atoms with van der Waals surface area (Å²) in [4.78, 5) is 0. The second-order valence-electron chi connectivity index (χ2n) is 4.29. The van der Waals surface area contributed by atoms with Gasteiger partial charge in [-0.15, -0.1) is 0 Å². The lowest BCUT2D eigenvalue weighted by molar-refractivity contribution is 0.261. The topological polar surface area (TPSA) is 56.0 Å². The molecule has 0 aliphatic heterocycles. The van der Waals surface area contributed by atoms with Gasteiger partial charge in [0.1, 0.15) is 11.9 Å². The zero-order valence-corrected chi connectivity index (χ0v) is 9.42. The average Bonchev–Trinajstić information content (AvgIpc) is 2.17. The van der Waals surface area contributed by atoms with Crippen LogP contribution < -0.4 is 5.32 Å². The normalized spacial score (nSPS) is 10.9. The highest BCUT2D eigenvalue weighted by molar-refractivity contribution is 5.49. The molecule has 4 heteroatoms. The Morgan fingerprint density at radius 1 is 1.50 bits per heavy atom. The van der Waals surface area contributed by atoms with Crippen molar-refractivity contribution in [3.8, 4) is 6.07 Å². The standard InChI is InChI=1S/C12H15FN2O/c1-12(2,5-6-16)15-10-4-3-9(8-14)11(13)7-10/h3-4,7,15-16H,5-6H2,1-2H3. The van der Waals surface area contributed by atoms with Gasteiger partial charge < -0.3 is 10.4 Å². The average molecular weight is 222 g/mol. The molecule has 16 heavy (non-hydrogen) atoms. The van der Waals surface area contributed by atoms with E-state index < -0.39 is 5.82 Å². The van der Waals surface area contributed by atoms with Crippen LogP contribution in [-0.4, -0.2) is 17.3 Å². The summed E-state index contributed by atoms with van der Waals surface area (Å²) in [5.41, 5.74) is 0.329. The fraction of sp³-hybridized carbons (Fsp3) is 0.417. The van der Waals surface area contributed by atoms with Gasteiger partial charge in [0.15, 0.2) is 0 Å². The molecule has 0 aromatic heterocycles. The van der Waals surface area contributed by atoms with Gasteiger partial charge in [-0.2, -0.15) is 5.26 Å². The molecule has 0 heterocycles. The third kappa shape index (κ3) is 3.21. The molecule has 86 valence electrons. The maximum absolute atomic E-state index is 13.3. The number of halogens is 1. The molecule has 1 rings (SSSR count). The first-order valence-corrected chi connectivity index (χ1v) is 5.07. The second-order valence-corrected chi connectivity index (χ2v) is 4.29. The van der Waals surface area contributed by atoms with E-state index >= 15 is 0 Å². The van der Waals surface area contributed by atoms with Crippen molar-refractivity contribution in [1.82, 2.24) is 0 Å². The molecule has 0 unspecified atom stereocenters. The second kappa shape index (κ2) is 4.95. The number of hydrogen-bond donors (Lipinski definition) is 2. The molecule has 1 aromatic carbocycles. The number of aliphatic hydroxyl groups excluding tert-OH is 1. The van der Waals surface area contributed by atoms with Crippen molar-refractivity contribution in [1.29, 1.82) is 5.26 Å². The van der Waals surface area contributed by atoms with Crippen molar-refractivity contribution in [3.05, 3.63) is 29.6 Å². The van der Waals surface area contributed by atoms with E-state index in [0.717, 1.165) is 0 Å². The number of aliphatic hydroxyl groups is 1. The van der Waals surface area contributed by atoms with Crippen LogP contribution in [0.15, 0.2) is 18.2 Å². The number of nitrogens with zero attached hydrogens (tertiary/aromatic N) is 1. The van der Waals surface area contributed by atoms with Crippen LogP contribution in [0.1, 0.15) is 25.8 Å². The minimum absolute atomic E-state index is 0.0329. The molecule has 0 aliphatic rings. The molecule has 3 nitrogen and oxygen atoms in total. The summed E-state index contributed by atoms with van der Waals surface area (Å²) >= 11 is 0. The highest BCUT2D eigenvalue weighted by Gasteiger charge is 2.16. The van der Waals surface area contributed by atoms with E-state index in [1.165, 1.54) is 12.1 Å². The van der Waals surface area contributed by atoms with Gasteiger partial charge in [-0.1, -0.05) is 0 Å². The first-order valence-electron chi connectivity index (χ1n) is 5.07. The lowest BCUT2D eigenvalue weighted by atomic mass is 10.0. The number of anilines is 1. The summed E-state index contributed by atoms with van der Waals surface area (Å²) in [7, 11) is 0. The van der Waals surface area contributed by atoms with E-state index in [-0.39, 0.29) is 17.7 Å². The van der Waals surface area contributed by atoms with Crippen LogP contribution in [0.2, 0.25) is 0 Å². The third-order valence-electron chi connectivity index (χ3n) is 2.31. The van der Waals surface area contributed by atoms with Crippen molar-refractivity contribution in [3.63, 3.8) is 0 Å². The van der Waals surface area contributed by atoms with Crippen molar-refractivity contribution in [2.75, 3.05) is 11.9 Å². The van der Waals surface area contributed by atoms with Crippen molar-refractivity contribution in [2.45, 2.75) is 25.8 Å². The van der Waals surface area contributed by atoms with Crippen LogP contribution in [0.4, 0.5) is 10.1 Å². The lowest BCUT2D eigenvalue weighted by Gasteiger charge is -2.26. The zero-order valence-electron chi connectivity index (χ0n) is 9.42. The fourth-order valence-corrected chi connectivity index (χ4v) is 1.42. The zero-order chi connectivity index (χ0) is 12.2. The van der Waals surface area contributed by atoms with E-state index in [1.807, 2.05) is 13.8 Å². The Kier molecular flexibility index (Phi) is 3.86. The van der Waals surface area contributed by atoms with Crippen molar-refractivity contribution >= 4 is 5.69 Å². The van der Waals surface area contributed by atoms with Gasteiger partial charge in [0.2, 0.25) is 0 Å². The molecule has 0 aliphatic carbocycles. The number of hydrogen-bond acceptors (Lipinski definition) is 3. The van der Waals surface area contributed by atoms with Gasteiger partial charge in [-0.25, -0.2) is 4.39 Å². The van der Waals surface area contributed by atoms with E-state index in [9.17, 15) is 4.39 Å². The molecule has 0 amide bonds. The van der Waals surface area contributed by atoms with Gasteiger partial charge >= 0.3 is 0 Å². The van der Waals surface area contributed by atoms with E-state index in [0.29, 0.717) is 12.1 Å². The molecule has 0 atom stereocenters. The van der Waals surface area contributed by atoms with Crippen LogP contribution in [0.25, 0.3) is 0 Å². The molecule has 0 fully saturated rings. The van der Waals surface area contributed by atoms with Crippen LogP contribution in [0.5, 0.6) is 0 Å². The van der Waals surface area contributed by atoms with Gasteiger partial charge in [0.25, 0.3) is 0 Å². The Hall–Kier alpha value is -1.60. The van der Waals surface area contributed by atoms with Gasteiger partial charge in [-0.05, 0) is 38.5 Å². The van der Waals surface area contributed by atoms with Crippen LogP contribution in [0, 0.1) is 17.1 Å². The van der Waals surface area contributed by atoms with Crippen molar-refractivity contribution < 1.29 is 9.50 Å². The fourth-order valence-electron chi connectivity index (χ4n) is 1.42. The quantitative estimate of drug-likeness (QED) is 0.821. The van der Waals surface area contributed by atoms with Gasteiger partial charge in [0.05, 0.1) is 5.56 Å². The number of benzene rings is 1. The maximum Gasteiger partial charge on any atom is 0.143 e. The smallest absolute Gasteiger partial charge is 0.143 e. The molecule has 2 N–H and O–H groups in total. The van der Waals surface area contributed by atoms with Gasteiger partial charge in [-0.3, -0.25) is 0 Å². The van der Waals surface area contributed by atoms with Gasteiger partial charge in [0, 0.05) is 17.8 Å². The monoisotopic (exact) mass is 222 g/mol. The molecule has 0 bridgehead atoms. The predicted octanol–water partition coefficient (Wildman–Crippen LogP) is 2.27. The maximum atomic E-state index is 13.3. The molecule has 0 radical (unpaired) electrons. The summed E-state index contributed by atoms with van der Waals surface area (Å²) in [5, 5.41) is 20.5. The molecule has 0 spiro atoms. The first-order chi connectivity index (χ1) is 7.48. The third-order valence-corrected chi connectivity index (χ3v) is 2.31. The minimum atomic E-state index is -0.535. The number of rotatable bonds is 4.